The van der Waals surface area contributed by atoms with Crippen molar-refractivity contribution in [1.82, 2.24) is 14.5 Å². The van der Waals surface area contributed by atoms with Gasteiger partial charge in [-0.15, -0.1) is 0 Å². The highest BCUT2D eigenvalue weighted by Gasteiger charge is 2.17. The number of hydrogen-bond acceptors (Lipinski definition) is 3. The Labute approximate surface area is 179 Å². The summed E-state index contributed by atoms with van der Waals surface area (Å²) in [7, 11) is 0. The Kier molecular flexibility index (Phi) is 7.17. The molecule has 0 bridgehead atoms. The molecule has 0 spiro atoms. The van der Waals surface area contributed by atoms with E-state index >= 15 is 0 Å². The topological polar surface area (TPSA) is 43.9 Å². The van der Waals surface area contributed by atoms with Crippen molar-refractivity contribution in [2.75, 3.05) is 0 Å². The number of oxazole rings is 1. The molecule has 4 heteroatoms. The molecule has 0 N–H and O–H groups in total. The number of rotatable bonds is 12. The van der Waals surface area contributed by atoms with Gasteiger partial charge in [0.25, 0.3) is 5.89 Å². The van der Waals surface area contributed by atoms with Gasteiger partial charge in [-0.1, -0.05) is 89.0 Å². The summed E-state index contributed by atoms with van der Waals surface area (Å²) in [6, 6.07) is 16.2. The molecule has 0 saturated carbocycles. The van der Waals surface area contributed by atoms with Crippen LogP contribution in [0.4, 0.5) is 0 Å². The fourth-order valence-electron chi connectivity index (χ4n) is 4.19. The van der Waals surface area contributed by atoms with Crippen molar-refractivity contribution >= 4 is 22.1 Å². The van der Waals surface area contributed by atoms with E-state index in [1.54, 1.807) is 0 Å². The van der Waals surface area contributed by atoms with Crippen LogP contribution in [0.2, 0.25) is 0 Å². The molecule has 0 atom stereocenters. The average molecular weight is 404 g/mol. The van der Waals surface area contributed by atoms with Gasteiger partial charge in [0.15, 0.2) is 11.4 Å². The van der Waals surface area contributed by atoms with Gasteiger partial charge >= 0.3 is 0 Å². The second-order valence-corrected chi connectivity index (χ2v) is 8.24. The van der Waals surface area contributed by atoms with Gasteiger partial charge in [0.2, 0.25) is 0 Å². The van der Waals surface area contributed by atoms with Crippen molar-refractivity contribution in [3.8, 4) is 11.7 Å². The van der Waals surface area contributed by atoms with Crippen molar-refractivity contribution in [2.45, 2.75) is 77.7 Å². The van der Waals surface area contributed by atoms with E-state index < -0.39 is 0 Å². The maximum absolute atomic E-state index is 6.03. The molecule has 2 heterocycles. The van der Waals surface area contributed by atoms with Gasteiger partial charge in [0.05, 0.1) is 11.0 Å². The number of aryl methyl sites for hydroxylation is 1. The number of nitrogens with zero attached hydrogens (tertiary/aromatic N) is 3. The fourth-order valence-corrected chi connectivity index (χ4v) is 4.19. The van der Waals surface area contributed by atoms with Crippen LogP contribution in [0.1, 0.15) is 71.1 Å². The highest BCUT2D eigenvalue weighted by atomic mass is 16.3. The van der Waals surface area contributed by atoms with Crippen LogP contribution in [0.15, 0.2) is 52.9 Å². The van der Waals surface area contributed by atoms with Gasteiger partial charge in [-0.2, -0.15) is 0 Å². The summed E-state index contributed by atoms with van der Waals surface area (Å²) in [4.78, 5) is 9.54. The molecule has 0 aliphatic rings. The monoisotopic (exact) mass is 403 g/mol. The lowest BCUT2D eigenvalue weighted by molar-refractivity contribution is 0.535. The van der Waals surface area contributed by atoms with Crippen molar-refractivity contribution in [1.29, 1.82) is 0 Å². The van der Waals surface area contributed by atoms with Gasteiger partial charge in [0.1, 0.15) is 5.52 Å². The van der Waals surface area contributed by atoms with Crippen LogP contribution in [-0.2, 0) is 6.54 Å². The van der Waals surface area contributed by atoms with Crippen LogP contribution in [0, 0.1) is 0 Å². The molecule has 30 heavy (non-hydrogen) atoms. The van der Waals surface area contributed by atoms with Crippen molar-refractivity contribution in [3.05, 3.63) is 48.5 Å². The quantitative estimate of drug-likeness (QED) is 0.227. The SMILES string of the molecule is CCCCCCCCCCCCn1c(-c2nc3ccccc3o2)nc2ccccc21. The largest absolute Gasteiger partial charge is 0.434 e. The first-order valence-corrected chi connectivity index (χ1v) is 11.7. The van der Waals surface area contributed by atoms with E-state index in [1.165, 1.54) is 57.8 Å². The Morgan fingerprint density at radius 3 is 2.07 bits per heavy atom. The van der Waals surface area contributed by atoms with Gasteiger partial charge in [-0.3, -0.25) is 0 Å². The fraction of sp³-hybridized carbons (Fsp3) is 0.462. The minimum Gasteiger partial charge on any atom is -0.434 e. The van der Waals surface area contributed by atoms with E-state index in [1.807, 2.05) is 30.3 Å². The molecule has 0 fully saturated rings. The van der Waals surface area contributed by atoms with Crippen LogP contribution in [0.5, 0.6) is 0 Å². The number of unbranched alkanes of at least 4 members (excludes halogenated alkanes) is 9. The molecule has 2 aromatic heterocycles. The molecule has 4 aromatic rings. The number of para-hydroxylation sites is 4. The van der Waals surface area contributed by atoms with Crippen LogP contribution in [0.25, 0.3) is 33.8 Å². The number of benzene rings is 2. The summed E-state index contributed by atoms with van der Waals surface area (Å²) >= 11 is 0. The third-order valence-electron chi connectivity index (χ3n) is 5.87. The Balaban J connectivity index is 1.38. The summed E-state index contributed by atoms with van der Waals surface area (Å²) in [6.07, 6.45) is 13.4. The molecular formula is C26H33N3O. The first-order valence-electron chi connectivity index (χ1n) is 11.7. The van der Waals surface area contributed by atoms with Crippen molar-refractivity contribution in [3.63, 3.8) is 0 Å². The van der Waals surface area contributed by atoms with Crippen LogP contribution >= 0.6 is 0 Å². The predicted octanol–water partition coefficient (Wildman–Crippen LogP) is 7.77. The molecule has 0 unspecified atom stereocenters. The molecule has 2 aromatic carbocycles. The van der Waals surface area contributed by atoms with Crippen LogP contribution < -0.4 is 0 Å². The maximum Gasteiger partial charge on any atom is 0.264 e. The van der Waals surface area contributed by atoms with Gasteiger partial charge in [-0.05, 0) is 30.7 Å². The molecule has 0 aliphatic heterocycles. The van der Waals surface area contributed by atoms with E-state index in [-0.39, 0.29) is 0 Å². The molecule has 4 rings (SSSR count). The molecule has 4 nitrogen and oxygen atoms in total. The first kappa shape index (κ1) is 20.6. The number of aromatic nitrogens is 3. The van der Waals surface area contributed by atoms with Crippen LogP contribution in [0.3, 0.4) is 0 Å². The predicted molar refractivity (Wildman–Crippen MR) is 125 cm³/mol. The Morgan fingerprint density at radius 2 is 1.33 bits per heavy atom. The summed E-state index contributed by atoms with van der Waals surface area (Å²) < 4.78 is 8.31. The zero-order chi connectivity index (χ0) is 20.6. The van der Waals surface area contributed by atoms with E-state index in [2.05, 4.69) is 34.7 Å². The Hall–Kier alpha value is -2.62. The summed E-state index contributed by atoms with van der Waals surface area (Å²) in [6.45, 7) is 3.23. The number of imidazole rings is 1. The number of fused-ring (bicyclic) bond motifs is 2. The number of hydrogen-bond donors (Lipinski definition) is 0. The van der Waals surface area contributed by atoms with E-state index in [0.717, 1.165) is 40.9 Å². The third kappa shape index (κ3) is 4.92. The third-order valence-corrected chi connectivity index (χ3v) is 5.87. The highest BCUT2D eigenvalue weighted by molar-refractivity contribution is 5.81. The molecule has 158 valence electrons. The molecular weight excluding hydrogens is 370 g/mol. The minimum atomic E-state index is 0.611. The molecule has 0 radical (unpaired) electrons. The Morgan fingerprint density at radius 1 is 0.700 bits per heavy atom. The average Bonchev–Trinajstić information content (AvgIpc) is 3.36. The van der Waals surface area contributed by atoms with E-state index in [4.69, 9.17) is 9.40 Å². The van der Waals surface area contributed by atoms with E-state index in [9.17, 15) is 0 Å². The lowest BCUT2D eigenvalue weighted by Gasteiger charge is -2.07. The van der Waals surface area contributed by atoms with Gasteiger partial charge < -0.3 is 8.98 Å². The summed E-state index contributed by atoms with van der Waals surface area (Å²) in [5.74, 6) is 1.45. The minimum absolute atomic E-state index is 0.611. The Bertz CT molecular complexity index is 1030. The smallest absolute Gasteiger partial charge is 0.264 e. The second kappa shape index (κ2) is 10.4. The lowest BCUT2D eigenvalue weighted by Crippen LogP contribution is -2.01. The normalized spacial score (nSPS) is 11.6. The molecule has 0 amide bonds. The summed E-state index contributed by atoms with van der Waals surface area (Å²) in [5.41, 5.74) is 3.85. The molecule has 0 saturated heterocycles. The van der Waals surface area contributed by atoms with Gasteiger partial charge in [-0.25, -0.2) is 9.97 Å². The van der Waals surface area contributed by atoms with Gasteiger partial charge in [0, 0.05) is 6.54 Å². The summed E-state index contributed by atoms with van der Waals surface area (Å²) in [5, 5.41) is 0. The standard InChI is InChI=1S/C26H33N3O/c1-2-3-4-5-6-7-8-9-10-15-20-29-23-18-13-11-16-21(23)27-25(29)26-28-22-17-12-14-19-24(22)30-26/h11-14,16-19H,2-10,15,20H2,1H3. The zero-order valence-electron chi connectivity index (χ0n) is 18.1. The van der Waals surface area contributed by atoms with Crippen molar-refractivity contribution in [2.24, 2.45) is 0 Å². The lowest BCUT2D eigenvalue weighted by atomic mass is 10.1. The van der Waals surface area contributed by atoms with Crippen LogP contribution in [-0.4, -0.2) is 14.5 Å². The molecule has 0 aliphatic carbocycles. The first-order chi connectivity index (χ1) is 14.9. The highest BCUT2D eigenvalue weighted by Crippen LogP contribution is 2.28. The second-order valence-electron chi connectivity index (χ2n) is 8.24. The van der Waals surface area contributed by atoms with E-state index in [0.29, 0.717) is 5.89 Å². The zero-order valence-corrected chi connectivity index (χ0v) is 18.1. The maximum atomic E-state index is 6.03. The van der Waals surface area contributed by atoms with Crippen molar-refractivity contribution < 1.29 is 4.42 Å².